The van der Waals surface area contributed by atoms with Crippen LogP contribution in [0.3, 0.4) is 0 Å². The maximum absolute atomic E-state index is 13.1. The van der Waals surface area contributed by atoms with Crippen molar-refractivity contribution in [3.8, 4) is 5.75 Å². The molecule has 206 valence electrons. The molecule has 0 radical (unpaired) electrons. The monoisotopic (exact) mass is 528 g/mol. The lowest BCUT2D eigenvalue weighted by molar-refractivity contribution is -0.174. The number of carboxylic acids is 1. The lowest BCUT2D eigenvalue weighted by Crippen LogP contribution is -2.53. The van der Waals surface area contributed by atoms with E-state index < -0.39 is 48.1 Å². The molecule has 1 unspecified atom stereocenters. The van der Waals surface area contributed by atoms with Gasteiger partial charge in [-0.25, -0.2) is 0 Å². The Morgan fingerprint density at radius 2 is 1.47 bits per heavy atom. The Labute approximate surface area is 222 Å². The molecule has 10 nitrogen and oxygen atoms in total. The number of carbonyl (C=O) groups excluding carboxylic acids is 3. The van der Waals surface area contributed by atoms with Gasteiger partial charge in [-0.1, -0.05) is 42.5 Å². The number of benzene rings is 2. The van der Waals surface area contributed by atoms with Gasteiger partial charge in [0, 0.05) is 6.54 Å². The first kappa shape index (κ1) is 30.3. The first-order valence-corrected chi connectivity index (χ1v) is 12.3. The van der Waals surface area contributed by atoms with Gasteiger partial charge in [-0.3, -0.25) is 24.5 Å². The number of amides is 1. The van der Waals surface area contributed by atoms with Crippen LogP contribution in [0, 0.1) is 5.41 Å². The summed E-state index contributed by atoms with van der Waals surface area (Å²) in [5.41, 5.74) is 0.854. The van der Waals surface area contributed by atoms with Crippen LogP contribution in [-0.2, 0) is 41.5 Å². The Hall–Kier alpha value is -3.92. The number of carbonyl (C=O) groups is 4. The summed E-state index contributed by atoms with van der Waals surface area (Å²) >= 11 is 0. The highest BCUT2D eigenvalue weighted by Gasteiger charge is 2.29. The van der Waals surface area contributed by atoms with Crippen molar-refractivity contribution in [2.45, 2.75) is 52.1 Å². The zero-order valence-corrected chi connectivity index (χ0v) is 22.2. The average molecular weight is 529 g/mol. The van der Waals surface area contributed by atoms with Crippen molar-refractivity contribution in [2.75, 3.05) is 20.4 Å². The number of carboxylic acid groups (broad SMARTS) is 1. The fraction of sp³-hybridized carbons (Fsp3) is 0.429. The van der Waals surface area contributed by atoms with E-state index in [1.807, 2.05) is 30.3 Å². The molecule has 2 aromatic rings. The lowest BCUT2D eigenvalue weighted by atomic mass is 9.98. The summed E-state index contributed by atoms with van der Waals surface area (Å²) in [7, 11) is 1.55. The van der Waals surface area contributed by atoms with E-state index in [-0.39, 0.29) is 25.8 Å². The molecule has 38 heavy (non-hydrogen) atoms. The van der Waals surface area contributed by atoms with E-state index in [1.54, 1.807) is 52.1 Å². The van der Waals surface area contributed by atoms with E-state index in [4.69, 9.17) is 19.3 Å². The van der Waals surface area contributed by atoms with Gasteiger partial charge >= 0.3 is 17.9 Å². The molecule has 0 aliphatic rings. The quantitative estimate of drug-likeness (QED) is 0.249. The van der Waals surface area contributed by atoms with Crippen LogP contribution in [0.1, 0.15) is 38.3 Å². The normalized spacial score (nSPS) is 12.6. The van der Waals surface area contributed by atoms with Crippen LogP contribution in [0.5, 0.6) is 5.75 Å². The van der Waals surface area contributed by atoms with E-state index in [0.29, 0.717) is 5.75 Å². The van der Waals surface area contributed by atoms with E-state index in [2.05, 4.69) is 10.6 Å². The summed E-state index contributed by atoms with van der Waals surface area (Å²) in [6.07, 6.45) is 0.176. The maximum atomic E-state index is 13.1. The second-order valence-corrected chi connectivity index (χ2v) is 9.71. The van der Waals surface area contributed by atoms with E-state index in [1.165, 1.54) is 0 Å². The SMILES string of the molecule is COc1ccc(CC(N[C@@H](Cc2ccccc2)C(=O)NCCC(=O)O)C(=O)OCOC(=O)C(C)(C)C)cc1. The minimum absolute atomic E-state index is 0.0581. The molecule has 0 bridgehead atoms. The number of aliphatic carboxylic acids is 1. The van der Waals surface area contributed by atoms with Crippen molar-refractivity contribution in [1.82, 2.24) is 10.6 Å². The van der Waals surface area contributed by atoms with Gasteiger partial charge in [-0.05, 0) is 56.9 Å². The molecule has 3 N–H and O–H groups in total. The molecule has 2 rings (SSSR count). The molecule has 0 aliphatic heterocycles. The highest BCUT2D eigenvalue weighted by atomic mass is 16.7. The molecule has 0 heterocycles. The molecule has 2 aromatic carbocycles. The van der Waals surface area contributed by atoms with Gasteiger partial charge in [-0.15, -0.1) is 0 Å². The first-order valence-electron chi connectivity index (χ1n) is 12.3. The Morgan fingerprint density at radius 3 is 2.05 bits per heavy atom. The van der Waals surface area contributed by atoms with Crippen molar-refractivity contribution >= 4 is 23.8 Å². The lowest BCUT2D eigenvalue weighted by Gasteiger charge is -2.25. The van der Waals surface area contributed by atoms with Gasteiger partial charge in [0.05, 0.1) is 25.0 Å². The number of ether oxygens (including phenoxy) is 3. The fourth-order valence-electron chi connectivity index (χ4n) is 3.40. The van der Waals surface area contributed by atoms with E-state index >= 15 is 0 Å². The minimum Gasteiger partial charge on any atom is -0.497 e. The molecule has 0 spiro atoms. The standard InChI is InChI=1S/C28H36N2O8/c1-28(2,3)27(35)38-18-37-26(34)23(17-20-10-12-21(36-4)13-11-20)30-22(16-19-8-6-5-7-9-19)25(33)29-15-14-24(31)32/h5-13,22-23,30H,14-18H2,1-4H3,(H,29,33)(H,31,32)/t22-,23?/m0/s1. The Bertz CT molecular complexity index is 1060. The van der Waals surface area contributed by atoms with Gasteiger partial charge in [0.1, 0.15) is 11.8 Å². The number of rotatable bonds is 14. The predicted molar refractivity (Wildman–Crippen MR) is 139 cm³/mol. The van der Waals surface area contributed by atoms with E-state index in [9.17, 15) is 19.2 Å². The largest absolute Gasteiger partial charge is 0.497 e. The highest BCUT2D eigenvalue weighted by Crippen LogP contribution is 2.16. The summed E-state index contributed by atoms with van der Waals surface area (Å²) in [5, 5.41) is 14.6. The Morgan fingerprint density at radius 1 is 0.868 bits per heavy atom. The van der Waals surface area contributed by atoms with Crippen LogP contribution < -0.4 is 15.4 Å². The van der Waals surface area contributed by atoms with Crippen molar-refractivity contribution in [3.05, 3.63) is 65.7 Å². The summed E-state index contributed by atoms with van der Waals surface area (Å²) < 4.78 is 15.5. The molecule has 2 atom stereocenters. The summed E-state index contributed by atoms with van der Waals surface area (Å²) in [4.78, 5) is 49.1. The number of hydrogen-bond donors (Lipinski definition) is 3. The molecule has 10 heteroatoms. The molecule has 0 saturated heterocycles. The predicted octanol–water partition coefficient (Wildman–Crippen LogP) is 2.49. The zero-order chi connectivity index (χ0) is 28.1. The topological polar surface area (TPSA) is 140 Å². The smallest absolute Gasteiger partial charge is 0.326 e. The second-order valence-electron chi connectivity index (χ2n) is 9.71. The van der Waals surface area contributed by atoms with Gasteiger partial charge < -0.3 is 24.6 Å². The van der Waals surface area contributed by atoms with Gasteiger partial charge in [-0.2, -0.15) is 0 Å². The van der Waals surface area contributed by atoms with Crippen LogP contribution >= 0.6 is 0 Å². The van der Waals surface area contributed by atoms with Crippen molar-refractivity contribution in [1.29, 1.82) is 0 Å². The van der Waals surface area contributed by atoms with Gasteiger partial charge in [0.2, 0.25) is 12.7 Å². The molecule has 0 fully saturated rings. The molecule has 0 aliphatic carbocycles. The first-order chi connectivity index (χ1) is 18.0. The van der Waals surface area contributed by atoms with Crippen LogP contribution in [0.2, 0.25) is 0 Å². The average Bonchev–Trinajstić information content (AvgIpc) is 2.87. The third kappa shape index (κ3) is 10.6. The second kappa shape index (κ2) is 14.7. The number of nitrogens with one attached hydrogen (secondary N) is 2. The van der Waals surface area contributed by atoms with Gasteiger partial charge in [0.15, 0.2) is 0 Å². The van der Waals surface area contributed by atoms with Crippen LogP contribution in [0.15, 0.2) is 54.6 Å². The van der Waals surface area contributed by atoms with Crippen LogP contribution in [0.25, 0.3) is 0 Å². The number of methoxy groups -OCH3 is 1. The Balaban J connectivity index is 2.23. The molecular formula is C28H36N2O8. The summed E-state index contributed by atoms with van der Waals surface area (Å²) in [6, 6.07) is 14.5. The van der Waals surface area contributed by atoms with Crippen molar-refractivity contribution in [2.24, 2.45) is 5.41 Å². The molecule has 1 amide bonds. The summed E-state index contributed by atoms with van der Waals surface area (Å²) in [6.45, 7) is 4.42. The zero-order valence-electron chi connectivity index (χ0n) is 22.2. The van der Waals surface area contributed by atoms with Crippen LogP contribution in [0.4, 0.5) is 0 Å². The highest BCUT2D eigenvalue weighted by molar-refractivity contribution is 5.84. The summed E-state index contributed by atoms with van der Waals surface area (Å²) in [5.74, 6) is -2.08. The van der Waals surface area contributed by atoms with Crippen molar-refractivity contribution < 1.29 is 38.5 Å². The number of hydrogen-bond acceptors (Lipinski definition) is 8. The molecule has 0 aromatic heterocycles. The third-order valence-electron chi connectivity index (χ3n) is 5.53. The maximum Gasteiger partial charge on any atom is 0.326 e. The van der Waals surface area contributed by atoms with Crippen molar-refractivity contribution in [3.63, 3.8) is 0 Å². The Kier molecular flexibility index (Phi) is 11.7. The molecule has 0 saturated carbocycles. The van der Waals surface area contributed by atoms with Gasteiger partial charge in [0.25, 0.3) is 0 Å². The fourth-order valence-corrected chi connectivity index (χ4v) is 3.40. The van der Waals surface area contributed by atoms with Crippen LogP contribution in [-0.4, -0.2) is 61.5 Å². The minimum atomic E-state index is -1.04. The van der Waals surface area contributed by atoms with E-state index in [0.717, 1.165) is 11.1 Å². The molecular weight excluding hydrogens is 492 g/mol. The number of esters is 2. The third-order valence-corrected chi connectivity index (χ3v) is 5.53.